The van der Waals surface area contributed by atoms with Gasteiger partial charge in [0, 0.05) is 16.7 Å². The van der Waals surface area contributed by atoms with Crippen LogP contribution in [0, 0.1) is 0 Å². The van der Waals surface area contributed by atoms with E-state index in [0.717, 1.165) is 10.9 Å². The number of nitrogens with zero attached hydrogens (tertiary/aromatic N) is 1. The summed E-state index contributed by atoms with van der Waals surface area (Å²) >= 11 is 3.36. The van der Waals surface area contributed by atoms with Gasteiger partial charge in [0.05, 0.1) is 0 Å². The van der Waals surface area contributed by atoms with Gasteiger partial charge in [-0.3, -0.25) is 9.69 Å². The zero-order chi connectivity index (χ0) is 16.9. The normalized spacial score (nSPS) is 16.7. The summed E-state index contributed by atoms with van der Waals surface area (Å²) in [6.07, 6.45) is 0.920. The molecule has 0 spiro atoms. The second kappa shape index (κ2) is 7.49. The van der Waals surface area contributed by atoms with Gasteiger partial charge >= 0.3 is 6.09 Å². The molecule has 0 bridgehead atoms. The van der Waals surface area contributed by atoms with Gasteiger partial charge in [0.1, 0.15) is 11.8 Å². The second-order valence-corrected chi connectivity index (χ2v) is 6.44. The van der Waals surface area contributed by atoms with Gasteiger partial charge in [0.25, 0.3) is 0 Å². The standard InChI is InChI=1S/C18H17BrN2O3/c19-13-8-10-14(11-9-13)20-17(22)16-7-4-12-21(16)18(23)24-15-5-2-1-3-6-15/h1-3,5-6,8-11,16H,4,7,12H2,(H,20,22)/t16-/m0/s1. The Morgan fingerprint density at radius 3 is 2.50 bits per heavy atom. The number of rotatable bonds is 3. The molecule has 1 fully saturated rings. The van der Waals surface area contributed by atoms with Crippen molar-refractivity contribution in [2.24, 2.45) is 0 Å². The molecule has 5 nitrogen and oxygen atoms in total. The SMILES string of the molecule is O=C(Nc1ccc(Br)cc1)[C@@H]1CCCN1C(=O)Oc1ccccc1. The lowest BCUT2D eigenvalue weighted by Gasteiger charge is -2.23. The summed E-state index contributed by atoms with van der Waals surface area (Å²) in [4.78, 5) is 26.3. The van der Waals surface area contributed by atoms with Crippen molar-refractivity contribution in [1.29, 1.82) is 0 Å². The number of hydrogen-bond donors (Lipinski definition) is 1. The summed E-state index contributed by atoms with van der Waals surface area (Å²) in [7, 11) is 0. The van der Waals surface area contributed by atoms with Crippen molar-refractivity contribution in [3.63, 3.8) is 0 Å². The topological polar surface area (TPSA) is 58.6 Å². The molecule has 1 N–H and O–H groups in total. The lowest BCUT2D eigenvalue weighted by molar-refractivity contribution is -0.119. The Bertz CT molecular complexity index is 719. The number of para-hydroxylation sites is 1. The molecule has 24 heavy (non-hydrogen) atoms. The van der Waals surface area contributed by atoms with Crippen molar-refractivity contribution in [2.45, 2.75) is 18.9 Å². The fraction of sp³-hybridized carbons (Fsp3) is 0.222. The highest BCUT2D eigenvalue weighted by molar-refractivity contribution is 9.10. The first-order valence-corrected chi connectivity index (χ1v) is 8.53. The Morgan fingerprint density at radius 1 is 1.08 bits per heavy atom. The molecular weight excluding hydrogens is 372 g/mol. The molecule has 0 aliphatic carbocycles. The van der Waals surface area contributed by atoms with Crippen LogP contribution in [0.3, 0.4) is 0 Å². The Morgan fingerprint density at radius 2 is 1.79 bits per heavy atom. The summed E-state index contributed by atoms with van der Waals surface area (Å²) in [5.74, 6) is 0.279. The van der Waals surface area contributed by atoms with Crippen molar-refractivity contribution < 1.29 is 14.3 Å². The van der Waals surface area contributed by atoms with E-state index >= 15 is 0 Å². The minimum absolute atomic E-state index is 0.195. The van der Waals surface area contributed by atoms with Gasteiger partial charge in [-0.25, -0.2) is 4.79 Å². The number of hydrogen-bond acceptors (Lipinski definition) is 3. The molecule has 124 valence electrons. The summed E-state index contributed by atoms with van der Waals surface area (Å²) in [6, 6.07) is 15.7. The molecule has 1 heterocycles. The molecule has 6 heteroatoms. The maximum absolute atomic E-state index is 12.5. The maximum atomic E-state index is 12.5. The number of halogens is 1. The predicted octanol–water partition coefficient (Wildman–Crippen LogP) is 4.05. The fourth-order valence-corrected chi connectivity index (χ4v) is 2.93. The molecule has 2 aromatic carbocycles. The molecule has 0 saturated carbocycles. The lowest BCUT2D eigenvalue weighted by atomic mass is 10.2. The van der Waals surface area contributed by atoms with E-state index in [1.54, 1.807) is 24.3 Å². The van der Waals surface area contributed by atoms with Crippen LogP contribution in [-0.4, -0.2) is 29.5 Å². The first-order chi connectivity index (χ1) is 11.6. The van der Waals surface area contributed by atoms with Crippen LogP contribution >= 0.6 is 15.9 Å². The zero-order valence-electron chi connectivity index (χ0n) is 12.9. The van der Waals surface area contributed by atoms with Gasteiger partial charge < -0.3 is 10.1 Å². The van der Waals surface area contributed by atoms with Gasteiger partial charge in [-0.05, 0) is 49.2 Å². The summed E-state index contributed by atoms with van der Waals surface area (Å²) in [5.41, 5.74) is 0.700. The largest absolute Gasteiger partial charge is 0.415 e. The molecule has 2 aromatic rings. The van der Waals surface area contributed by atoms with E-state index in [2.05, 4.69) is 21.2 Å². The maximum Gasteiger partial charge on any atom is 0.415 e. The molecule has 0 unspecified atom stereocenters. The van der Waals surface area contributed by atoms with Gasteiger partial charge in [-0.15, -0.1) is 0 Å². The minimum Gasteiger partial charge on any atom is -0.410 e. The van der Waals surface area contributed by atoms with Crippen LogP contribution in [0.4, 0.5) is 10.5 Å². The number of anilines is 1. The van der Waals surface area contributed by atoms with Gasteiger partial charge in [-0.1, -0.05) is 34.1 Å². The van der Waals surface area contributed by atoms with Crippen LogP contribution in [0.15, 0.2) is 59.1 Å². The Labute approximate surface area is 148 Å². The molecule has 0 radical (unpaired) electrons. The van der Waals surface area contributed by atoms with Crippen LogP contribution in [0.25, 0.3) is 0 Å². The van der Waals surface area contributed by atoms with E-state index in [1.807, 2.05) is 30.3 Å². The lowest BCUT2D eigenvalue weighted by Crippen LogP contribution is -2.44. The molecule has 2 amide bonds. The van der Waals surface area contributed by atoms with E-state index in [-0.39, 0.29) is 5.91 Å². The third-order valence-corrected chi connectivity index (χ3v) is 4.38. The Kier molecular flexibility index (Phi) is 5.15. The number of amides is 2. The van der Waals surface area contributed by atoms with Crippen LogP contribution in [-0.2, 0) is 4.79 Å². The third-order valence-electron chi connectivity index (χ3n) is 3.85. The number of likely N-dealkylation sites (tertiary alicyclic amines) is 1. The van der Waals surface area contributed by atoms with Crippen molar-refractivity contribution in [2.75, 3.05) is 11.9 Å². The van der Waals surface area contributed by atoms with Crippen LogP contribution in [0.2, 0.25) is 0 Å². The summed E-state index contributed by atoms with van der Waals surface area (Å²) in [5, 5.41) is 2.85. The molecule has 1 aliphatic heterocycles. The average Bonchev–Trinajstić information content (AvgIpc) is 3.08. The quantitative estimate of drug-likeness (QED) is 0.862. The van der Waals surface area contributed by atoms with E-state index in [4.69, 9.17) is 4.74 Å². The highest BCUT2D eigenvalue weighted by Gasteiger charge is 2.35. The van der Waals surface area contributed by atoms with Crippen LogP contribution in [0.1, 0.15) is 12.8 Å². The average molecular weight is 389 g/mol. The van der Waals surface area contributed by atoms with Crippen LogP contribution < -0.4 is 10.1 Å². The number of benzene rings is 2. The monoisotopic (exact) mass is 388 g/mol. The van der Waals surface area contributed by atoms with E-state index < -0.39 is 12.1 Å². The van der Waals surface area contributed by atoms with Crippen molar-refractivity contribution in [1.82, 2.24) is 4.90 Å². The third kappa shape index (κ3) is 3.94. The van der Waals surface area contributed by atoms with Crippen molar-refractivity contribution >= 4 is 33.6 Å². The smallest absolute Gasteiger partial charge is 0.410 e. The van der Waals surface area contributed by atoms with E-state index in [0.29, 0.717) is 24.4 Å². The number of carbonyl (C=O) groups excluding carboxylic acids is 2. The minimum atomic E-state index is -0.509. The Balaban J connectivity index is 1.65. The Hall–Kier alpha value is -2.34. The molecule has 1 atom stereocenters. The van der Waals surface area contributed by atoms with Gasteiger partial charge in [-0.2, -0.15) is 0 Å². The van der Waals surface area contributed by atoms with E-state index in [9.17, 15) is 9.59 Å². The first-order valence-electron chi connectivity index (χ1n) is 7.73. The summed E-state index contributed by atoms with van der Waals surface area (Å²) < 4.78 is 6.28. The predicted molar refractivity (Wildman–Crippen MR) is 95.0 cm³/mol. The molecule has 1 aliphatic rings. The first kappa shape index (κ1) is 16.5. The highest BCUT2D eigenvalue weighted by Crippen LogP contribution is 2.22. The van der Waals surface area contributed by atoms with Gasteiger partial charge in [0.2, 0.25) is 5.91 Å². The second-order valence-electron chi connectivity index (χ2n) is 5.53. The highest BCUT2D eigenvalue weighted by atomic mass is 79.9. The van der Waals surface area contributed by atoms with Gasteiger partial charge in [0.15, 0.2) is 0 Å². The fourth-order valence-electron chi connectivity index (χ4n) is 2.66. The molecule has 1 saturated heterocycles. The van der Waals surface area contributed by atoms with Crippen molar-refractivity contribution in [3.8, 4) is 5.75 Å². The number of carbonyl (C=O) groups is 2. The van der Waals surface area contributed by atoms with Crippen LogP contribution in [0.5, 0.6) is 5.75 Å². The number of ether oxygens (including phenoxy) is 1. The van der Waals surface area contributed by atoms with E-state index in [1.165, 1.54) is 4.90 Å². The molecular formula is C18H17BrN2O3. The van der Waals surface area contributed by atoms with Crippen molar-refractivity contribution in [3.05, 3.63) is 59.1 Å². The molecule has 3 rings (SSSR count). The molecule has 0 aromatic heterocycles. The zero-order valence-corrected chi connectivity index (χ0v) is 14.5. The summed E-state index contributed by atoms with van der Waals surface area (Å²) in [6.45, 7) is 0.518. The number of nitrogens with one attached hydrogen (secondary N) is 1.